The van der Waals surface area contributed by atoms with Gasteiger partial charge in [0.05, 0.1) is 17.6 Å². The van der Waals surface area contributed by atoms with Crippen LogP contribution in [0, 0.1) is 6.92 Å². The number of fused-ring (bicyclic) bond motifs is 1. The molecule has 1 amide bonds. The summed E-state index contributed by atoms with van der Waals surface area (Å²) in [6.45, 7) is 4.18. The number of anilines is 2. The molecule has 1 aliphatic carbocycles. The Balaban J connectivity index is 1.32. The average Bonchev–Trinajstić information content (AvgIpc) is 3.27. The lowest BCUT2D eigenvalue weighted by atomic mass is 9.90. The van der Waals surface area contributed by atoms with E-state index in [4.69, 9.17) is 4.98 Å². The third-order valence-corrected chi connectivity index (χ3v) is 7.79. The first-order valence-corrected chi connectivity index (χ1v) is 13.9. The standard InChI is InChI=1S/C31H39N7O/c1-6-22-16-23(27-18-28(36-38(27)5)34-29(39)15-21-9-7-8-20(2)14-21)17-24-19-32-31(35-30(22)24)33-25-10-12-26(13-11-25)37(3)4/h7-9,14,16-19,25-26H,6,10-13,15H2,1-5H3,(H,32,33,35)(H,34,36,39). The largest absolute Gasteiger partial charge is 0.351 e. The molecule has 204 valence electrons. The highest BCUT2D eigenvalue weighted by molar-refractivity contribution is 5.92. The van der Waals surface area contributed by atoms with Crippen LogP contribution in [0.15, 0.2) is 48.7 Å². The van der Waals surface area contributed by atoms with Crippen molar-refractivity contribution < 1.29 is 4.79 Å². The summed E-state index contributed by atoms with van der Waals surface area (Å²) in [6.07, 6.45) is 7.74. The molecule has 0 atom stereocenters. The molecule has 0 saturated heterocycles. The minimum atomic E-state index is -0.0818. The highest BCUT2D eigenvalue weighted by Gasteiger charge is 2.23. The molecule has 4 aromatic rings. The van der Waals surface area contributed by atoms with Crippen molar-refractivity contribution in [2.24, 2.45) is 7.05 Å². The van der Waals surface area contributed by atoms with E-state index in [2.05, 4.69) is 58.8 Å². The molecule has 8 nitrogen and oxygen atoms in total. The van der Waals surface area contributed by atoms with Gasteiger partial charge in [-0.2, -0.15) is 5.10 Å². The van der Waals surface area contributed by atoms with E-state index in [1.165, 1.54) is 12.8 Å². The molecule has 2 heterocycles. The molecular weight excluding hydrogens is 486 g/mol. The van der Waals surface area contributed by atoms with Gasteiger partial charge in [-0.05, 0) is 76.4 Å². The number of carbonyl (C=O) groups excluding carboxylic acids is 1. The third-order valence-electron chi connectivity index (χ3n) is 7.79. The molecule has 0 unspecified atom stereocenters. The van der Waals surface area contributed by atoms with E-state index in [1.54, 1.807) is 0 Å². The van der Waals surface area contributed by atoms with E-state index in [0.29, 0.717) is 30.3 Å². The molecule has 0 radical (unpaired) electrons. The Morgan fingerprint density at radius 2 is 1.90 bits per heavy atom. The van der Waals surface area contributed by atoms with Crippen molar-refractivity contribution in [3.63, 3.8) is 0 Å². The zero-order chi connectivity index (χ0) is 27.5. The number of rotatable bonds is 8. The smallest absolute Gasteiger partial charge is 0.229 e. The highest BCUT2D eigenvalue weighted by atomic mass is 16.1. The fourth-order valence-corrected chi connectivity index (χ4v) is 5.62. The van der Waals surface area contributed by atoms with Crippen LogP contribution in [0.2, 0.25) is 0 Å². The maximum Gasteiger partial charge on any atom is 0.229 e. The Morgan fingerprint density at radius 1 is 1.10 bits per heavy atom. The lowest BCUT2D eigenvalue weighted by Crippen LogP contribution is -2.36. The first kappa shape index (κ1) is 26.8. The summed E-state index contributed by atoms with van der Waals surface area (Å²) in [6, 6.07) is 15.3. The fraction of sp³-hybridized carbons (Fsp3) is 0.419. The molecule has 39 heavy (non-hydrogen) atoms. The van der Waals surface area contributed by atoms with Gasteiger partial charge in [-0.15, -0.1) is 0 Å². The first-order chi connectivity index (χ1) is 18.8. The van der Waals surface area contributed by atoms with Crippen molar-refractivity contribution in [3.05, 3.63) is 65.4 Å². The number of hydrogen-bond acceptors (Lipinski definition) is 6. The first-order valence-electron chi connectivity index (χ1n) is 13.9. The summed E-state index contributed by atoms with van der Waals surface area (Å²) in [4.78, 5) is 24.6. The normalized spacial score (nSPS) is 17.5. The van der Waals surface area contributed by atoms with Crippen molar-refractivity contribution in [2.75, 3.05) is 24.7 Å². The van der Waals surface area contributed by atoms with Gasteiger partial charge >= 0.3 is 0 Å². The zero-order valence-corrected chi connectivity index (χ0v) is 23.7. The molecular formula is C31H39N7O. The highest BCUT2D eigenvalue weighted by Crippen LogP contribution is 2.30. The van der Waals surface area contributed by atoms with Gasteiger partial charge in [0.1, 0.15) is 0 Å². The fourth-order valence-electron chi connectivity index (χ4n) is 5.62. The topological polar surface area (TPSA) is 88.0 Å². The van der Waals surface area contributed by atoms with Crippen molar-refractivity contribution in [1.82, 2.24) is 24.6 Å². The van der Waals surface area contributed by atoms with Gasteiger partial charge in [-0.3, -0.25) is 9.48 Å². The Bertz CT molecular complexity index is 1470. The lowest BCUT2D eigenvalue weighted by Gasteiger charge is -2.32. The average molecular weight is 526 g/mol. The van der Waals surface area contributed by atoms with E-state index in [9.17, 15) is 4.79 Å². The maximum atomic E-state index is 12.7. The van der Waals surface area contributed by atoms with E-state index in [0.717, 1.165) is 58.1 Å². The summed E-state index contributed by atoms with van der Waals surface area (Å²) < 4.78 is 1.81. The zero-order valence-electron chi connectivity index (χ0n) is 23.7. The minimum absolute atomic E-state index is 0.0818. The van der Waals surface area contributed by atoms with Crippen LogP contribution in [0.25, 0.3) is 22.2 Å². The molecule has 0 spiro atoms. The monoisotopic (exact) mass is 525 g/mol. The van der Waals surface area contributed by atoms with Crippen LogP contribution in [-0.4, -0.2) is 56.7 Å². The molecule has 2 aromatic carbocycles. The number of aryl methyl sites for hydroxylation is 3. The lowest BCUT2D eigenvalue weighted by molar-refractivity contribution is -0.115. The minimum Gasteiger partial charge on any atom is -0.351 e. The van der Waals surface area contributed by atoms with Gasteiger partial charge in [0.2, 0.25) is 11.9 Å². The quantitative estimate of drug-likeness (QED) is 0.322. The van der Waals surface area contributed by atoms with Crippen molar-refractivity contribution >= 4 is 28.6 Å². The van der Waals surface area contributed by atoms with E-state index in [-0.39, 0.29) is 5.91 Å². The van der Waals surface area contributed by atoms with Gasteiger partial charge in [0, 0.05) is 42.3 Å². The Labute approximate surface area is 230 Å². The van der Waals surface area contributed by atoms with E-state index >= 15 is 0 Å². The summed E-state index contributed by atoms with van der Waals surface area (Å²) in [5.41, 5.74) is 6.23. The number of aromatic nitrogens is 4. The summed E-state index contributed by atoms with van der Waals surface area (Å²) in [7, 11) is 6.23. The SMILES string of the molecule is CCc1cc(-c2cc(NC(=O)Cc3cccc(C)c3)nn2C)cc2cnc(NC3CCC(N(C)C)CC3)nc12. The van der Waals surface area contributed by atoms with Crippen molar-refractivity contribution in [2.45, 2.75) is 64.5 Å². The second kappa shape index (κ2) is 11.5. The van der Waals surface area contributed by atoms with Crippen LogP contribution in [0.3, 0.4) is 0 Å². The molecule has 8 heteroatoms. The molecule has 1 fully saturated rings. The van der Waals surface area contributed by atoms with Gasteiger partial charge in [0.25, 0.3) is 0 Å². The van der Waals surface area contributed by atoms with E-state index < -0.39 is 0 Å². The summed E-state index contributed by atoms with van der Waals surface area (Å²) in [5, 5.41) is 12.1. The molecule has 0 bridgehead atoms. The van der Waals surface area contributed by atoms with Crippen LogP contribution in [0.5, 0.6) is 0 Å². The summed E-state index contributed by atoms with van der Waals surface area (Å²) >= 11 is 0. The number of hydrogen-bond donors (Lipinski definition) is 2. The molecule has 5 rings (SSSR count). The van der Waals surface area contributed by atoms with Gasteiger partial charge in [-0.1, -0.05) is 36.8 Å². The molecule has 2 aromatic heterocycles. The summed E-state index contributed by atoms with van der Waals surface area (Å²) in [5.74, 6) is 1.17. The van der Waals surface area contributed by atoms with Crippen LogP contribution < -0.4 is 10.6 Å². The van der Waals surface area contributed by atoms with Crippen LogP contribution in [0.1, 0.15) is 49.3 Å². The van der Waals surface area contributed by atoms with Gasteiger partial charge in [0.15, 0.2) is 5.82 Å². The van der Waals surface area contributed by atoms with Crippen molar-refractivity contribution in [1.29, 1.82) is 0 Å². The Hall–Kier alpha value is -3.78. The number of benzene rings is 2. The third kappa shape index (κ3) is 6.28. The van der Waals surface area contributed by atoms with Gasteiger partial charge in [-0.25, -0.2) is 9.97 Å². The number of nitrogens with zero attached hydrogens (tertiary/aromatic N) is 5. The Kier molecular flexibility index (Phi) is 7.93. The van der Waals surface area contributed by atoms with Crippen LogP contribution in [-0.2, 0) is 24.7 Å². The second-order valence-electron chi connectivity index (χ2n) is 11.0. The molecule has 0 aliphatic heterocycles. The number of nitrogens with one attached hydrogen (secondary N) is 2. The van der Waals surface area contributed by atoms with Crippen LogP contribution >= 0.6 is 0 Å². The number of amides is 1. The molecule has 2 N–H and O–H groups in total. The second-order valence-corrected chi connectivity index (χ2v) is 11.0. The van der Waals surface area contributed by atoms with E-state index in [1.807, 2.05) is 55.2 Å². The van der Waals surface area contributed by atoms with Gasteiger partial charge < -0.3 is 15.5 Å². The number of carbonyl (C=O) groups is 1. The Morgan fingerprint density at radius 3 is 2.62 bits per heavy atom. The van der Waals surface area contributed by atoms with Crippen LogP contribution in [0.4, 0.5) is 11.8 Å². The molecule has 1 saturated carbocycles. The van der Waals surface area contributed by atoms with Crippen molar-refractivity contribution in [3.8, 4) is 11.3 Å². The maximum absolute atomic E-state index is 12.7. The predicted molar refractivity (Wildman–Crippen MR) is 158 cm³/mol. The molecule has 1 aliphatic rings. The predicted octanol–water partition coefficient (Wildman–Crippen LogP) is 5.37.